The van der Waals surface area contributed by atoms with Crippen molar-refractivity contribution in [3.05, 3.63) is 0 Å². The van der Waals surface area contributed by atoms with E-state index in [9.17, 15) is 4.79 Å². The van der Waals surface area contributed by atoms with Gasteiger partial charge in [0, 0.05) is 15.8 Å². The minimum absolute atomic E-state index is 0.0359. The van der Waals surface area contributed by atoms with Crippen LogP contribution in [0.25, 0.3) is 0 Å². The molecule has 96 valence electrons. The lowest BCUT2D eigenvalue weighted by atomic mass is 9.97. The summed E-state index contributed by atoms with van der Waals surface area (Å²) in [6, 6.07) is 0. The van der Waals surface area contributed by atoms with Crippen LogP contribution in [0.3, 0.4) is 0 Å². The molecule has 0 bridgehead atoms. The van der Waals surface area contributed by atoms with Crippen LogP contribution in [-0.2, 0) is 0 Å². The lowest BCUT2D eigenvalue weighted by Crippen LogP contribution is -2.54. The Labute approximate surface area is 105 Å². The van der Waals surface area contributed by atoms with Crippen LogP contribution >= 0.6 is 11.8 Å². The number of hydrogen-bond donors (Lipinski definition) is 0. The minimum Gasteiger partial charge on any atom is -0.324 e. The number of carbonyl (C=O) groups excluding carboxylic acids is 1. The molecular weight excluding hydrogens is 218 g/mol. The molecule has 0 spiro atoms. The van der Waals surface area contributed by atoms with E-state index in [0.29, 0.717) is 0 Å². The molecule has 0 N–H and O–H groups in total. The molecule has 0 radical (unpaired) electrons. The predicted molar refractivity (Wildman–Crippen MR) is 74.1 cm³/mol. The highest BCUT2D eigenvalue weighted by atomic mass is 32.2. The highest BCUT2D eigenvalue weighted by molar-refractivity contribution is 8.14. The van der Waals surface area contributed by atoms with Crippen LogP contribution in [0, 0.1) is 0 Å². The van der Waals surface area contributed by atoms with Gasteiger partial charge in [0.05, 0.1) is 0 Å². The van der Waals surface area contributed by atoms with Gasteiger partial charge in [-0.1, -0.05) is 32.5 Å². The average Bonchev–Trinajstić information content (AvgIpc) is 1.70. The van der Waals surface area contributed by atoms with Gasteiger partial charge in [-0.2, -0.15) is 0 Å². The van der Waals surface area contributed by atoms with Gasteiger partial charge >= 0.3 is 0 Å². The molecule has 0 rings (SSSR count). The lowest BCUT2D eigenvalue weighted by molar-refractivity contribution is 0.0906. The molecule has 0 saturated heterocycles. The Hall–Kier alpha value is -0.180. The van der Waals surface area contributed by atoms with Gasteiger partial charge in [0.15, 0.2) is 0 Å². The molecule has 1 amide bonds. The van der Waals surface area contributed by atoms with Crippen LogP contribution in [0.1, 0.15) is 62.3 Å². The summed E-state index contributed by atoms with van der Waals surface area (Å²) in [5.41, 5.74) is -0.291. The second-order valence-corrected chi connectivity index (χ2v) is 8.94. The molecule has 0 aliphatic rings. The van der Waals surface area contributed by atoms with Crippen molar-refractivity contribution in [3.8, 4) is 0 Å². The molecule has 16 heavy (non-hydrogen) atoms. The summed E-state index contributed by atoms with van der Waals surface area (Å²) in [5.74, 6) is 0. The molecule has 0 saturated carbocycles. The van der Waals surface area contributed by atoms with Gasteiger partial charge in [-0.15, -0.1) is 0 Å². The normalized spacial score (nSPS) is 13.8. The summed E-state index contributed by atoms with van der Waals surface area (Å²) in [4.78, 5) is 14.3. The first-order valence-electron chi connectivity index (χ1n) is 5.78. The number of thioether (sulfide) groups is 1. The molecule has 0 atom stereocenters. The third-order valence-corrected chi connectivity index (χ3v) is 2.89. The Kier molecular flexibility index (Phi) is 4.54. The van der Waals surface area contributed by atoms with Gasteiger partial charge in [-0.3, -0.25) is 4.79 Å². The van der Waals surface area contributed by atoms with Crippen molar-refractivity contribution < 1.29 is 4.79 Å². The molecule has 2 nitrogen and oxygen atoms in total. The van der Waals surface area contributed by atoms with E-state index >= 15 is 0 Å². The van der Waals surface area contributed by atoms with E-state index in [1.165, 1.54) is 11.8 Å². The fraction of sp³-hybridized carbons (Fsp3) is 0.923. The maximum atomic E-state index is 12.3. The van der Waals surface area contributed by atoms with Crippen molar-refractivity contribution in [1.82, 2.24) is 4.90 Å². The third kappa shape index (κ3) is 5.24. The van der Waals surface area contributed by atoms with Crippen molar-refractivity contribution in [2.45, 2.75) is 78.1 Å². The van der Waals surface area contributed by atoms with Crippen molar-refractivity contribution in [1.29, 1.82) is 0 Å². The topological polar surface area (TPSA) is 20.3 Å². The molecule has 0 aliphatic carbocycles. The van der Waals surface area contributed by atoms with Gasteiger partial charge in [0.1, 0.15) is 0 Å². The smallest absolute Gasteiger partial charge is 0.283 e. The van der Waals surface area contributed by atoms with E-state index < -0.39 is 0 Å². The summed E-state index contributed by atoms with van der Waals surface area (Å²) in [6.45, 7) is 18.7. The number of carbonyl (C=O) groups is 1. The van der Waals surface area contributed by atoms with Gasteiger partial charge in [-0.05, 0) is 41.5 Å². The first-order valence-corrected chi connectivity index (χ1v) is 6.60. The van der Waals surface area contributed by atoms with Crippen LogP contribution in [0.2, 0.25) is 0 Å². The van der Waals surface area contributed by atoms with E-state index in [1.54, 1.807) is 0 Å². The van der Waals surface area contributed by atoms with Gasteiger partial charge in [0.25, 0.3) is 5.24 Å². The quantitative estimate of drug-likeness (QED) is 0.624. The maximum absolute atomic E-state index is 12.3. The zero-order valence-electron chi connectivity index (χ0n) is 12.3. The van der Waals surface area contributed by atoms with Crippen LogP contribution < -0.4 is 0 Å². The van der Waals surface area contributed by atoms with Crippen molar-refractivity contribution in [2.24, 2.45) is 0 Å². The van der Waals surface area contributed by atoms with E-state index in [1.807, 2.05) is 4.90 Å². The molecule has 0 aliphatic heterocycles. The minimum atomic E-state index is -0.145. The number of hydrogen-bond acceptors (Lipinski definition) is 2. The van der Waals surface area contributed by atoms with E-state index in [0.717, 1.165) is 0 Å². The third-order valence-electron chi connectivity index (χ3n) is 1.92. The highest BCUT2D eigenvalue weighted by Gasteiger charge is 2.37. The molecule has 0 aromatic heterocycles. The standard InChI is InChI=1S/C13H27NOS/c1-11(2,3)14(12(4,5)6)10(15)16-13(7,8)9/h1-9H3. The van der Waals surface area contributed by atoms with Crippen molar-refractivity contribution >= 4 is 17.0 Å². The zero-order valence-corrected chi connectivity index (χ0v) is 13.1. The monoisotopic (exact) mass is 245 g/mol. The maximum Gasteiger partial charge on any atom is 0.283 e. The van der Waals surface area contributed by atoms with Gasteiger partial charge in [-0.25, -0.2) is 0 Å². The molecule has 0 heterocycles. The molecule has 0 fully saturated rings. The molecule has 0 unspecified atom stereocenters. The summed E-state index contributed by atoms with van der Waals surface area (Å²) in [7, 11) is 0. The van der Waals surface area contributed by atoms with Crippen molar-refractivity contribution in [2.75, 3.05) is 0 Å². The van der Waals surface area contributed by atoms with E-state index in [-0.39, 0.29) is 21.1 Å². The Morgan fingerprint density at radius 1 is 0.812 bits per heavy atom. The fourth-order valence-corrected chi connectivity index (χ4v) is 3.02. The zero-order chi connectivity index (χ0) is 13.4. The summed E-state index contributed by atoms with van der Waals surface area (Å²) < 4.78 is -0.0359. The van der Waals surface area contributed by atoms with Crippen LogP contribution in [0.15, 0.2) is 0 Å². The predicted octanol–water partition coefficient (Wildman–Crippen LogP) is 4.54. The van der Waals surface area contributed by atoms with E-state index in [2.05, 4.69) is 62.3 Å². The number of amides is 1. The van der Waals surface area contributed by atoms with E-state index in [4.69, 9.17) is 0 Å². The summed E-state index contributed by atoms with van der Waals surface area (Å²) >= 11 is 1.41. The molecule has 0 aromatic carbocycles. The van der Waals surface area contributed by atoms with Crippen molar-refractivity contribution in [3.63, 3.8) is 0 Å². The molecular formula is C13H27NOS. The Balaban J connectivity index is 5.03. The first-order chi connectivity index (χ1) is 6.75. The Morgan fingerprint density at radius 3 is 1.31 bits per heavy atom. The number of nitrogens with zero attached hydrogens (tertiary/aromatic N) is 1. The Morgan fingerprint density at radius 2 is 1.12 bits per heavy atom. The highest BCUT2D eigenvalue weighted by Crippen LogP contribution is 2.33. The fourth-order valence-electron chi connectivity index (χ4n) is 1.86. The average molecular weight is 245 g/mol. The summed E-state index contributed by atoms with van der Waals surface area (Å²) in [6.07, 6.45) is 0. The van der Waals surface area contributed by atoms with Gasteiger partial charge < -0.3 is 4.90 Å². The van der Waals surface area contributed by atoms with Crippen LogP contribution in [0.4, 0.5) is 4.79 Å². The van der Waals surface area contributed by atoms with Crippen LogP contribution in [0.5, 0.6) is 0 Å². The second kappa shape index (κ2) is 4.59. The Bertz CT molecular complexity index is 239. The SMILES string of the molecule is CC(C)(C)SC(=O)N(C(C)(C)C)C(C)(C)C. The molecule has 3 heteroatoms. The lowest BCUT2D eigenvalue weighted by Gasteiger charge is -2.45. The number of rotatable bonds is 0. The molecule has 0 aromatic rings. The second-order valence-electron chi connectivity index (χ2n) is 7.16. The largest absolute Gasteiger partial charge is 0.324 e. The van der Waals surface area contributed by atoms with Crippen LogP contribution in [-0.4, -0.2) is 26.0 Å². The first kappa shape index (κ1) is 15.8. The summed E-state index contributed by atoms with van der Waals surface area (Å²) in [5, 5.41) is 0.160. The van der Waals surface area contributed by atoms with Gasteiger partial charge in [0.2, 0.25) is 0 Å².